The number of hydrogen-bond donors (Lipinski definition) is 0. The minimum atomic E-state index is -0.419. The maximum absolute atomic E-state index is 11.2. The van der Waals surface area contributed by atoms with E-state index < -0.39 is 11.9 Å². The SMILES string of the molecule is CCOC(=O)COc1ccc(OCC(=O)OCC)c(C)c1. The average molecular weight is 296 g/mol. The van der Waals surface area contributed by atoms with Crippen molar-refractivity contribution in [2.45, 2.75) is 20.8 Å². The van der Waals surface area contributed by atoms with Crippen LogP contribution in [0.15, 0.2) is 18.2 Å². The van der Waals surface area contributed by atoms with E-state index in [2.05, 4.69) is 0 Å². The normalized spacial score (nSPS) is 9.86. The lowest BCUT2D eigenvalue weighted by Gasteiger charge is -2.11. The van der Waals surface area contributed by atoms with Gasteiger partial charge in [0.1, 0.15) is 11.5 Å². The fourth-order valence-corrected chi connectivity index (χ4v) is 1.56. The third-order valence-corrected chi connectivity index (χ3v) is 2.46. The molecule has 0 bridgehead atoms. The van der Waals surface area contributed by atoms with Crippen LogP contribution in [0.4, 0.5) is 0 Å². The van der Waals surface area contributed by atoms with Crippen molar-refractivity contribution in [3.63, 3.8) is 0 Å². The molecule has 0 aliphatic rings. The highest BCUT2D eigenvalue weighted by molar-refractivity contribution is 5.71. The lowest BCUT2D eigenvalue weighted by Crippen LogP contribution is -2.15. The molecule has 0 spiro atoms. The van der Waals surface area contributed by atoms with Crippen LogP contribution in [0.2, 0.25) is 0 Å². The molecule has 1 aromatic carbocycles. The average Bonchev–Trinajstić information content (AvgIpc) is 2.45. The fourth-order valence-electron chi connectivity index (χ4n) is 1.56. The highest BCUT2D eigenvalue weighted by Gasteiger charge is 2.08. The smallest absolute Gasteiger partial charge is 0.344 e. The van der Waals surface area contributed by atoms with E-state index in [0.717, 1.165) is 5.56 Å². The fraction of sp³-hybridized carbons (Fsp3) is 0.467. The van der Waals surface area contributed by atoms with Gasteiger partial charge in [-0.3, -0.25) is 0 Å². The van der Waals surface area contributed by atoms with Crippen LogP contribution in [0, 0.1) is 6.92 Å². The number of carbonyl (C=O) groups excluding carboxylic acids is 2. The van der Waals surface area contributed by atoms with E-state index in [-0.39, 0.29) is 13.2 Å². The summed E-state index contributed by atoms with van der Waals surface area (Å²) in [5.41, 5.74) is 0.792. The summed E-state index contributed by atoms with van der Waals surface area (Å²) >= 11 is 0. The molecule has 0 aliphatic heterocycles. The summed E-state index contributed by atoms with van der Waals surface area (Å²) in [6.45, 7) is 5.64. The van der Waals surface area contributed by atoms with Crippen molar-refractivity contribution in [1.29, 1.82) is 0 Å². The molecule has 116 valence electrons. The topological polar surface area (TPSA) is 71.1 Å². The minimum Gasteiger partial charge on any atom is -0.482 e. The minimum absolute atomic E-state index is 0.141. The largest absolute Gasteiger partial charge is 0.482 e. The molecule has 0 saturated carbocycles. The van der Waals surface area contributed by atoms with Gasteiger partial charge < -0.3 is 18.9 Å². The second-order valence-electron chi connectivity index (χ2n) is 4.11. The van der Waals surface area contributed by atoms with Crippen LogP contribution in [0.5, 0.6) is 11.5 Å². The van der Waals surface area contributed by atoms with Gasteiger partial charge in [0, 0.05) is 0 Å². The second-order valence-corrected chi connectivity index (χ2v) is 4.11. The Bertz CT molecular complexity index is 483. The number of carbonyl (C=O) groups is 2. The quantitative estimate of drug-likeness (QED) is 0.682. The van der Waals surface area contributed by atoms with Crippen LogP contribution in [-0.2, 0) is 19.1 Å². The monoisotopic (exact) mass is 296 g/mol. The van der Waals surface area contributed by atoms with Crippen molar-refractivity contribution >= 4 is 11.9 Å². The maximum atomic E-state index is 11.2. The third kappa shape index (κ3) is 6.16. The molecule has 0 atom stereocenters. The van der Waals surface area contributed by atoms with Crippen molar-refractivity contribution in [3.05, 3.63) is 23.8 Å². The summed E-state index contributed by atoms with van der Waals surface area (Å²) < 4.78 is 20.2. The molecule has 6 nitrogen and oxygen atoms in total. The summed E-state index contributed by atoms with van der Waals surface area (Å²) in [5, 5.41) is 0. The predicted octanol–water partition coefficient (Wildman–Crippen LogP) is 1.88. The zero-order chi connectivity index (χ0) is 15.7. The van der Waals surface area contributed by atoms with Gasteiger partial charge in [-0.05, 0) is 44.5 Å². The highest BCUT2D eigenvalue weighted by atomic mass is 16.6. The Balaban J connectivity index is 2.51. The molecule has 0 heterocycles. The van der Waals surface area contributed by atoms with E-state index in [1.807, 2.05) is 6.92 Å². The van der Waals surface area contributed by atoms with Crippen LogP contribution >= 0.6 is 0 Å². The standard InChI is InChI=1S/C15H20O6/c1-4-18-14(16)9-20-12-6-7-13(11(3)8-12)21-10-15(17)19-5-2/h6-8H,4-5,9-10H2,1-3H3. The number of rotatable bonds is 8. The van der Waals surface area contributed by atoms with E-state index in [4.69, 9.17) is 18.9 Å². The zero-order valence-corrected chi connectivity index (χ0v) is 12.5. The molecule has 0 N–H and O–H groups in total. The summed E-state index contributed by atoms with van der Waals surface area (Å²) in [5.74, 6) is 0.257. The van der Waals surface area contributed by atoms with E-state index in [1.165, 1.54) is 0 Å². The molecule has 1 rings (SSSR count). The highest BCUT2D eigenvalue weighted by Crippen LogP contribution is 2.23. The molecule has 0 radical (unpaired) electrons. The van der Waals surface area contributed by atoms with E-state index in [1.54, 1.807) is 32.0 Å². The van der Waals surface area contributed by atoms with Crippen molar-refractivity contribution < 1.29 is 28.5 Å². The Kier molecular flexibility index (Phi) is 7.08. The lowest BCUT2D eigenvalue weighted by atomic mass is 10.2. The molecule has 0 fully saturated rings. The van der Waals surface area contributed by atoms with Gasteiger partial charge in [-0.25, -0.2) is 9.59 Å². The van der Waals surface area contributed by atoms with Crippen LogP contribution in [0.3, 0.4) is 0 Å². The van der Waals surface area contributed by atoms with Crippen LogP contribution in [0.25, 0.3) is 0 Å². The first-order valence-electron chi connectivity index (χ1n) is 6.74. The van der Waals surface area contributed by atoms with Crippen LogP contribution in [-0.4, -0.2) is 38.4 Å². The Labute approximate surface area is 123 Å². The lowest BCUT2D eigenvalue weighted by molar-refractivity contribution is -0.146. The van der Waals surface area contributed by atoms with Crippen molar-refractivity contribution in [1.82, 2.24) is 0 Å². The molecule has 0 aliphatic carbocycles. The second kappa shape index (κ2) is 8.84. The summed E-state index contributed by atoms with van der Waals surface area (Å²) in [6, 6.07) is 5.06. The van der Waals surface area contributed by atoms with Gasteiger partial charge in [-0.15, -0.1) is 0 Å². The first-order chi connectivity index (χ1) is 10.1. The molecular weight excluding hydrogens is 276 g/mol. The Morgan fingerprint density at radius 3 is 2.05 bits per heavy atom. The number of esters is 2. The van der Waals surface area contributed by atoms with Crippen LogP contribution < -0.4 is 9.47 Å². The Morgan fingerprint density at radius 2 is 1.52 bits per heavy atom. The molecule has 0 unspecified atom stereocenters. The summed E-state index contributed by atoms with van der Waals surface area (Å²) in [4.78, 5) is 22.4. The Morgan fingerprint density at radius 1 is 0.952 bits per heavy atom. The van der Waals surface area contributed by atoms with Crippen molar-refractivity contribution in [2.75, 3.05) is 26.4 Å². The van der Waals surface area contributed by atoms with Crippen molar-refractivity contribution in [3.8, 4) is 11.5 Å². The molecule has 6 heteroatoms. The van der Waals surface area contributed by atoms with Crippen molar-refractivity contribution in [2.24, 2.45) is 0 Å². The number of ether oxygens (including phenoxy) is 4. The molecule has 21 heavy (non-hydrogen) atoms. The number of hydrogen-bond acceptors (Lipinski definition) is 6. The first kappa shape index (κ1) is 16.8. The van der Waals surface area contributed by atoms with Crippen LogP contribution in [0.1, 0.15) is 19.4 Å². The van der Waals surface area contributed by atoms with E-state index >= 15 is 0 Å². The number of aryl methyl sites for hydroxylation is 1. The van der Waals surface area contributed by atoms with Gasteiger partial charge in [0.05, 0.1) is 13.2 Å². The van der Waals surface area contributed by atoms with E-state index in [0.29, 0.717) is 24.7 Å². The van der Waals surface area contributed by atoms with Gasteiger partial charge in [0.2, 0.25) is 0 Å². The third-order valence-electron chi connectivity index (χ3n) is 2.46. The summed E-state index contributed by atoms with van der Waals surface area (Å²) in [6.07, 6.45) is 0. The summed E-state index contributed by atoms with van der Waals surface area (Å²) in [7, 11) is 0. The first-order valence-corrected chi connectivity index (χ1v) is 6.74. The molecule has 0 amide bonds. The number of benzene rings is 1. The van der Waals surface area contributed by atoms with Gasteiger partial charge in [-0.1, -0.05) is 0 Å². The van der Waals surface area contributed by atoms with Gasteiger partial charge in [0.25, 0.3) is 0 Å². The van der Waals surface area contributed by atoms with E-state index in [9.17, 15) is 9.59 Å². The maximum Gasteiger partial charge on any atom is 0.344 e. The molecular formula is C15H20O6. The van der Waals surface area contributed by atoms with Gasteiger partial charge in [-0.2, -0.15) is 0 Å². The van der Waals surface area contributed by atoms with Gasteiger partial charge >= 0.3 is 11.9 Å². The molecule has 0 aromatic heterocycles. The Hall–Kier alpha value is -2.24. The van der Waals surface area contributed by atoms with Gasteiger partial charge in [0.15, 0.2) is 13.2 Å². The molecule has 0 saturated heterocycles. The zero-order valence-electron chi connectivity index (χ0n) is 12.5. The molecule has 1 aromatic rings. The predicted molar refractivity (Wildman–Crippen MR) is 75.4 cm³/mol.